The summed E-state index contributed by atoms with van der Waals surface area (Å²) < 4.78 is 0. The Hall–Kier alpha value is -2.09. The molecule has 0 aliphatic carbocycles. The van der Waals surface area contributed by atoms with Crippen LogP contribution in [0.4, 0.5) is 11.4 Å². The first-order valence-electron chi connectivity index (χ1n) is 6.32. The second-order valence-corrected chi connectivity index (χ2v) is 5.82. The minimum Gasteiger partial charge on any atom is -0.508 e. The van der Waals surface area contributed by atoms with Crippen molar-refractivity contribution in [3.63, 3.8) is 0 Å². The molecule has 0 aliphatic rings. The molecule has 0 bridgehead atoms. The molecule has 0 heterocycles. The minimum atomic E-state index is -0.534. The number of benzene rings is 2. The number of nitrogens with one attached hydrogen (secondary N) is 2. The number of hydrogen-bond acceptors (Lipinski definition) is 4. The summed E-state index contributed by atoms with van der Waals surface area (Å²) in [7, 11) is 0. The van der Waals surface area contributed by atoms with E-state index in [1.54, 1.807) is 18.2 Å². The molecule has 120 valence electrons. The van der Waals surface area contributed by atoms with Gasteiger partial charge < -0.3 is 15.7 Å². The predicted molar refractivity (Wildman–Crippen MR) is 94.3 cm³/mol. The molecule has 0 radical (unpaired) electrons. The zero-order valence-electron chi connectivity index (χ0n) is 11.5. The maximum absolute atomic E-state index is 10.7. The van der Waals surface area contributed by atoms with E-state index < -0.39 is 4.92 Å². The van der Waals surface area contributed by atoms with Crippen molar-refractivity contribution in [2.75, 3.05) is 5.32 Å². The molecule has 6 nitrogen and oxygen atoms in total. The van der Waals surface area contributed by atoms with E-state index in [2.05, 4.69) is 10.6 Å². The van der Waals surface area contributed by atoms with Crippen LogP contribution in [0.3, 0.4) is 0 Å². The monoisotopic (exact) mass is 371 g/mol. The number of phenolic OH excluding ortho intramolecular Hbond substituents is 1. The van der Waals surface area contributed by atoms with Crippen LogP contribution in [0.5, 0.6) is 5.75 Å². The van der Waals surface area contributed by atoms with Gasteiger partial charge in [-0.2, -0.15) is 0 Å². The van der Waals surface area contributed by atoms with Crippen LogP contribution in [-0.4, -0.2) is 15.1 Å². The maximum Gasteiger partial charge on any atom is 0.270 e. The van der Waals surface area contributed by atoms with E-state index in [4.69, 9.17) is 35.4 Å². The average Bonchev–Trinajstić information content (AvgIpc) is 2.45. The number of anilines is 1. The number of rotatable bonds is 4. The summed E-state index contributed by atoms with van der Waals surface area (Å²) in [6.07, 6.45) is 0. The molecule has 9 heteroatoms. The van der Waals surface area contributed by atoms with E-state index in [0.717, 1.165) is 0 Å². The Morgan fingerprint density at radius 3 is 2.48 bits per heavy atom. The smallest absolute Gasteiger partial charge is 0.270 e. The lowest BCUT2D eigenvalue weighted by molar-refractivity contribution is -0.384. The fourth-order valence-corrected chi connectivity index (χ4v) is 2.52. The van der Waals surface area contributed by atoms with Gasteiger partial charge in [0.15, 0.2) is 5.11 Å². The molecule has 23 heavy (non-hydrogen) atoms. The molecule has 0 atom stereocenters. The SMILES string of the molecule is O=[N+]([O-])c1ccc(O)c(CNC(=S)Nc2cc(Cl)cc(Cl)c2)c1. The van der Waals surface area contributed by atoms with E-state index in [1.165, 1.54) is 18.2 Å². The van der Waals surface area contributed by atoms with Crippen LogP contribution in [-0.2, 0) is 6.54 Å². The topological polar surface area (TPSA) is 87.4 Å². The summed E-state index contributed by atoms with van der Waals surface area (Å²) in [5, 5.41) is 27.4. The van der Waals surface area contributed by atoms with Crippen molar-refractivity contribution in [3.8, 4) is 5.75 Å². The third-order valence-corrected chi connectivity index (χ3v) is 3.52. The van der Waals surface area contributed by atoms with Crippen molar-refractivity contribution in [1.82, 2.24) is 5.32 Å². The molecule has 0 aromatic heterocycles. The number of nitrogens with zero attached hydrogens (tertiary/aromatic N) is 1. The first-order chi connectivity index (χ1) is 10.8. The summed E-state index contributed by atoms with van der Waals surface area (Å²) in [6, 6.07) is 8.65. The molecule has 0 fully saturated rings. The van der Waals surface area contributed by atoms with Crippen molar-refractivity contribution in [2.45, 2.75) is 6.54 Å². The summed E-state index contributed by atoms with van der Waals surface area (Å²) in [5.74, 6) is -0.0586. The van der Waals surface area contributed by atoms with Gasteiger partial charge in [-0.3, -0.25) is 10.1 Å². The molecule has 0 unspecified atom stereocenters. The Morgan fingerprint density at radius 1 is 1.22 bits per heavy atom. The zero-order valence-corrected chi connectivity index (χ0v) is 13.9. The fourth-order valence-electron chi connectivity index (χ4n) is 1.80. The molecule has 0 spiro atoms. The van der Waals surface area contributed by atoms with Crippen molar-refractivity contribution >= 4 is 51.9 Å². The third kappa shape index (κ3) is 4.95. The Labute approximate surface area is 147 Å². The largest absolute Gasteiger partial charge is 0.508 e. The van der Waals surface area contributed by atoms with Gasteiger partial charge in [-0.25, -0.2) is 0 Å². The van der Waals surface area contributed by atoms with E-state index in [1.807, 2.05) is 0 Å². The highest BCUT2D eigenvalue weighted by molar-refractivity contribution is 7.80. The Bertz CT molecular complexity index is 751. The van der Waals surface area contributed by atoms with Gasteiger partial charge in [-0.15, -0.1) is 0 Å². The number of thiocarbonyl (C=S) groups is 1. The molecule has 2 aromatic carbocycles. The number of nitro groups is 1. The van der Waals surface area contributed by atoms with Crippen molar-refractivity contribution < 1.29 is 10.0 Å². The van der Waals surface area contributed by atoms with Gasteiger partial charge in [0.2, 0.25) is 0 Å². The molecular formula is C14H11Cl2N3O3S. The van der Waals surface area contributed by atoms with Crippen LogP contribution < -0.4 is 10.6 Å². The molecule has 2 rings (SSSR count). The second-order valence-electron chi connectivity index (χ2n) is 4.54. The van der Waals surface area contributed by atoms with E-state index in [9.17, 15) is 15.2 Å². The van der Waals surface area contributed by atoms with E-state index >= 15 is 0 Å². The van der Waals surface area contributed by atoms with Crippen LogP contribution in [0.2, 0.25) is 10.0 Å². The molecule has 3 N–H and O–H groups in total. The molecule has 2 aromatic rings. The molecule has 0 amide bonds. The summed E-state index contributed by atoms with van der Waals surface area (Å²) in [4.78, 5) is 10.2. The van der Waals surface area contributed by atoms with Crippen molar-refractivity contribution in [2.24, 2.45) is 0 Å². The third-order valence-electron chi connectivity index (χ3n) is 2.83. The minimum absolute atomic E-state index is 0.0586. The Morgan fingerprint density at radius 2 is 1.87 bits per heavy atom. The van der Waals surface area contributed by atoms with Gasteiger partial charge in [0, 0.05) is 40.0 Å². The van der Waals surface area contributed by atoms with Crippen molar-refractivity contribution in [1.29, 1.82) is 0 Å². The van der Waals surface area contributed by atoms with E-state index in [0.29, 0.717) is 21.3 Å². The lowest BCUT2D eigenvalue weighted by atomic mass is 10.2. The van der Waals surface area contributed by atoms with Gasteiger partial charge in [0.1, 0.15) is 5.75 Å². The van der Waals surface area contributed by atoms with Crippen LogP contribution >= 0.6 is 35.4 Å². The normalized spacial score (nSPS) is 10.2. The van der Waals surface area contributed by atoms with Gasteiger partial charge in [-0.05, 0) is 36.5 Å². The zero-order chi connectivity index (χ0) is 17.0. The second kappa shape index (κ2) is 7.45. The van der Waals surface area contributed by atoms with Crippen molar-refractivity contribution in [3.05, 3.63) is 62.1 Å². The Balaban J connectivity index is 2.01. The van der Waals surface area contributed by atoms with Crippen LogP contribution in [0.25, 0.3) is 0 Å². The summed E-state index contributed by atoms with van der Waals surface area (Å²) >= 11 is 16.9. The van der Waals surface area contributed by atoms with E-state index in [-0.39, 0.29) is 23.1 Å². The fraction of sp³-hybridized carbons (Fsp3) is 0.0714. The number of non-ortho nitro benzene ring substituents is 1. The summed E-state index contributed by atoms with van der Waals surface area (Å²) in [5.41, 5.74) is 0.843. The molecular weight excluding hydrogens is 361 g/mol. The molecule has 0 saturated heterocycles. The first-order valence-corrected chi connectivity index (χ1v) is 7.49. The van der Waals surface area contributed by atoms with Gasteiger partial charge in [0.05, 0.1) is 4.92 Å². The van der Waals surface area contributed by atoms with Gasteiger partial charge >= 0.3 is 0 Å². The highest BCUT2D eigenvalue weighted by Crippen LogP contribution is 2.24. The summed E-state index contributed by atoms with van der Waals surface area (Å²) in [6.45, 7) is 0.119. The lowest BCUT2D eigenvalue weighted by Crippen LogP contribution is -2.27. The standard InChI is InChI=1S/C14H11Cl2N3O3S/c15-9-4-10(16)6-11(5-9)18-14(23)17-7-8-3-12(19(21)22)1-2-13(8)20/h1-6,20H,7H2,(H2,17,18,23). The number of phenols is 1. The first kappa shape index (κ1) is 17.3. The van der Waals surface area contributed by atoms with Crippen LogP contribution in [0, 0.1) is 10.1 Å². The molecule has 0 aliphatic heterocycles. The lowest BCUT2D eigenvalue weighted by Gasteiger charge is -2.12. The number of hydrogen-bond donors (Lipinski definition) is 3. The maximum atomic E-state index is 10.7. The molecule has 0 saturated carbocycles. The van der Waals surface area contributed by atoms with Crippen LogP contribution in [0.1, 0.15) is 5.56 Å². The van der Waals surface area contributed by atoms with Gasteiger partial charge in [-0.1, -0.05) is 23.2 Å². The number of nitro benzene ring substituents is 1. The highest BCUT2D eigenvalue weighted by Gasteiger charge is 2.10. The van der Waals surface area contributed by atoms with Crippen LogP contribution in [0.15, 0.2) is 36.4 Å². The highest BCUT2D eigenvalue weighted by atomic mass is 35.5. The Kier molecular flexibility index (Phi) is 5.59. The predicted octanol–water partition coefficient (Wildman–Crippen LogP) is 4.09. The number of halogens is 2. The quantitative estimate of drug-likeness (QED) is 0.426. The average molecular weight is 372 g/mol. The van der Waals surface area contributed by atoms with Gasteiger partial charge in [0.25, 0.3) is 5.69 Å². The number of aromatic hydroxyl groups is 1.